The number of alkyl halides is 3. The van der Waals surface area contributed by atoms with Gasteiger partial charge in [-0.15, -0.1) is 0 Å². The molecule has 2 amide bonds. The molecule has 0 saturated carbocycles. The highest BCUT2D eigenvalue weighted by Crippen LogP contribution is 2.22. The highest BCUT2D eigenvalue weighted by Gasteiger charge is 2.27. The standard InChI is InChI=1S/C16H19F3N2O3/c17-16(18,19)11-24-9-3-7-20-15(23)12-4-1-5-13(10-12)21-8-2-6-14(21)22/h1,4-5,10H,2-3,6-9,11H2,(H,20,23). The number of nitrogens with zero attached hydrogens (tertiary/aromatic N) is 1. The molecule has 2 rings (SSSR count). The third-order valence-corrected chi connectivity index (χ3v) is 3.51. The van der Waals surface area contributed by atoms with Crippen molar-refractivity contribution in [3.05, 3.63) is 29.8 Å². The normalized spacial score (nSPS) is 15.0. The predicted octanol–water partition coefficient (Wildman–Crippen LogP) is 2.51. The Morgan fingerprint density at radius 2 is 2.12 bits per heavy atom. The van der Waals surface area contributed by atoms with Gasteiger partial charge in [-0.3, -0.25) is 9.59 Å². The first-order valence-electron chi connectivity index (χ1n) is 7.70. The minimum absolute atomic E-state index is 0.0365. The molecule has 1 aromatic carbocycles. The van der Waals surface area contributed by atoms with E-state index in [0.717, 1.165) is 6.42 Å². The van der Waals surface area contributed by atoms with Gasteiger partial charge in [-0.1, -0.05) is 6.07 Å². The van der Waals surface area contributed by atoms with Crippen LogP contribution in [0.5, 0.6) is 0 Å². The number of amides is 2. The van der Waals surface area contributed by atoms with Crippen molar-refractivity contribution in [2.24, 2.45) is 0 Å². The van der Waals surface area contributed by atoms with Gasteiger partial charge in [-0.25, -0.2) is 0 Å². The summed E-state index contributed by atoms with van der Waals surface area (Å²) in [4.78, 5) is 25.4. The van der Waals surface area contributed by atoms with Gasteiger partial charge < -0.3 is 15.0 Å². The third kappa shape index (κ3) is 5.52. The summed E-state index contributed by atoms with van der Waals surface area (Å²) in [6.07, 6.45) is -2.75. The number of rotatable bonds is 7. The largest absolute Gasteiger partial charge is 0.411 e. The zero-order valence-corrected chi connectivity index (χ0v) is 13.1. The summed E-state index contributed by atoms with van der Waals surface area (Å²) >= 11 is 0. The van der Waals surface area contributed by atoms with Gasteiger partial charge in [-0.2, -0.15) is 13.2 Å². The topological polar surface area (TPSA) is 58.6 Å². The summed E-state index contributed by atoms with van der Waals surface area (Å²) in [5.41, 5.74) is 1.09. The average Bonchev–Trinajstić information content (AvgIpc) is 2.95. The van der Waals surface area contributed by atoms with E-state index in [1.807, 2.05) is 0 Å². The van der Waals surface area contributed by atoms with Crippen LogP contribution in [-0.2, 0) is 9.53 Å². The second-order valence-corrected chi connectivity index (χ2v) is 5.48. The first-order chi connectivity index (χ1) is 11.4. The van der Waals surface area contributed by atoms with E-state index in [1.54, 1.807) is 29.2 Å². The minimum Gasteiger partial charge on any atom is -0.372 e. The molecule has 1 aliphatic heterocycles. The zero-order valence-electron chi connectivity index (χ0n) is 13.1. The van der Waals surface area contributed by atoms with Crippen molar-refractivity contribution in [1.29, 1.82) is 0 Å². The van der Waals surface area contributed by atoms with E-state index >= 15 is 0 Å². The number of benzene rings is 1. The number of hydrogen-bond donors (Lipinski definition) is 1. The molecular formula is C16H19F3N2O3. The Morgan fingerprint density at radius 1 is 1.33 bits per heavy atom. The van der Waals surface area contributed by atoms with Gasteiger partial charge >= 0.3 is 6.18 Å². The van der Waals surface area contributed by atoms with E-state index in [2.05, 4.69) is 10.1 Å². The van der Waals surface area contributed by atoms with Crippen LogP contribution >= 0.6 is 0 Å². The van der Waals surface area contributed by atoms with Crippen molar-refractivity contribution in [2.75, 3.05) is 31.2 Å². The Kier molecular flexibility index (Phi) is 6.19. The lowest BCUT2D eigenvalue weighted by atomic mass is 10.1. The zero-order chi connectivity index (χ0) is 17.6. The van der Waals surface area contributed by atoms with E-state index in [0.29, 0.717) is 24.2 Å². The number of ether oxygens (including phenoxy) is 1. The lowest BCUT2D eigenvalue weighted by Gasteiger charge is -2.16. The van der Waals surface area contributed by atoms with Crippen molar-refractivity contribution in [1.82, 2.24) is 5.32 Å². The van der Waals surface area contributed by atoms with Gasteiger partial charge in [0.2, 0.25) is 5.91 Å². The summed E-state index contributed by atoms with van der Waals surface area (Å²) < 4.78 is 40.1. The molecule has 1 N–H and O–H groups in total. The maximum atomic E-state index is 12.0. The Balaban J connectivity index is 1.77. The highest BCUT2D eigenvalue weighted by atomic mass is 19.4. The lowest BCUT2D eigenvalue weighted by molar-refractivity contribution is -0.173. The van der Waals surface area contributed by atoms with Crippen molar-refractivity contribution in [2.45, 2.75) is 25.4 Å². The van der Waals surface area contributed by atoms with Crippen LogP contribution in [-0.4, -0.2) is 44.3 Å². The van der Waals surface area contributed by atoms with Crippen LogP contribution in [0.15, 0.2) is 24.3 Å². The molecule has 0 bridgehead atoms. The van der Waals surface area contributed by atoms with E-state index in [-0.39, 0.29) is 31.4 Å². The van der Waals surface area contributed by atoms with Crippen molar-refractivity contribution < 1.29 is 27.5 Å². The fourth-order valence-corrected chi connectivity index (χ4v) is 2.40. The quantitative estimate of drug-likeness (QED) is 0.773. The summed E-state index contributed by atoms with van der Waals surface area (Å²) in [6, 6.07) is 6.73. The molecule has 0 aliphatic carbocycles. The van der Waals surface area contributed by atoms with Crippen LogP contribution in [0, 0.1) is 0 Å². The Labute approximate surface area is 137 Å². The molecular weight excluding hydrogens is 325 g/mol. The van der Waals surface area contributed by atoms with Crippen molar-refractivity contribution in [3.63, 3.8) is 0 Å². The summed E-state index contributed by atoms with van der Waals surface area (Å²) in [7, 11) is 0. The second-order valence-electron chi connectivity index (χ2n) is 5.48. The molecule has 1 fully saturated rings. The highest BCUT2D eigenvalue weighted by molar-refractivity contribution is 5.99. The van der Waals surface area contributed by atoms with Crippen LogP contribution in [0.25, 0.3) is 0 Å². The summed E-state index contributed by atoms with van der Waals surface area (Å²) in [5.74, 6) is -0.298. The van der Waals surface area contributed by atoms with E-state index in [9.17, 15) is 22.8 Å². The van der Waals surface area contributed by atoms with Gasteiger partial charge in [0.15, 0.2) is 0 Å². The van der Waals surface area contributed by atoms with Crippen LogP contribution < -0.4 is 10.2 Å². The predicted molar refractivity (Wildman–Crippen MR) is 81.9 cm³/mol. The third-order valence-electron chi connectivity index (χ3n) is 3.51. The van der Waals surface area contributed by atoms with Crippen LogP contribution in [0.4, 0.5) is 18.9 Å². The van der Waals surface area contributed by atoms with Crippen molar-refractivity contribution in [3.8, 4) is 0 Å². The fourth-order valence-electron chi connectivity index (χ4n) is 2.40. The molecule has 0 radical (unpaired) electrons. The fraction of sp³-hybridized carbons (Fsp3) is 0.500. The molecule has 1 aliphatic rings. The first-order valence-corrected chi connectivity index (χ1v) is 7.70. The molecule has 132 valence electrons. The van der Waals surface area contributed by atoms with Crippen LogP contribution in [0.2, 0.25) is 0 Å². The van der Waals surface area contributed by atoms with Crippen LogP contribution in [0.3, 0.4) is 0 Å². The van der Waals surface area contributed by atoms with Gasteiger partial charge in [0.1, 0.15) is 6.61 Å². The van der Waals surface area contributed by atoms with Crippen molar-refractivity contribution >= 4 is 17.5 Å². The Hall–Kier alpha value is -2.09. The van der Waals surface area contributed by atoms with Gasteiger partial charge in [0.25, 0.3) is 5.91 Å². The van der Waals surface area contributed by atoms with Gasteiger partial charge in [-0.05, 0) is 31.0 Å². The Bertz CT molecular complexity index is 590. The number of halogens is 3. The SMILES string of the molecule is O=C(NCCCOCC(F)(F)F)c1cccc(N2CCCC2=O)c1. The van der Waals surface area contributed by atoms with Crippen LogP contribution in [0.1, 0.15) is 29.6 Å². The van der Waals surface area contributed by atoms with E-state index < -0.39 is 12.8 Å². The molecule has 1 aromatic rings. The molecule has 0 spiro atoms. The second kappa shape index (κ2) is 8.14. The first kappa shape index (κ1) is 18.3. The summed E-state index contributed by atoms with van der Waals surface area (Å²) in [6.45, 7) is -0.515. The number of nitrogens with one attached hydrogen (secondary N) is 1. The monoisotopic (exact) mass is 344 g/mol. The molecule has 1 heterocycles. The molecule has 0 atom stereocenters. The van der Waals surface area contributed by atoms with E-state index in [1.165, 1.54) is 0 Å². The van der Waals surface area contributed by atoms with E-state index in [4.69, 9.17) is 0 Å². The van der Waals surface area contributed by atoms with Gasteiger partial charge in [0, 0.05) is 37.4 Å². The molecule has 0 aromatic heterocycles. The number of carbonyl (C=O) groups excluding carboxylic acids is 2. The lowest BCUT2D eigenvalue weighted by Crippen LogP contribution is -2.27. The average molecular weight is 344 g/mol. The summed E-state index contributed by atoms with van der Waals surface area (Å²) in [5, 5.41) is 2.62. The molecule has 5 nitrogen and oxygen atoms in total. The maximum absolute atomic E-state index is 12.0. The molecule has 8 heteroatoms. The molecule has 1 saturated heterocycles. The minimum atomic E-state index is -4.34. The Morgan fingerprint density at radius 3 is 2.79 bits per heavy atom. The molecule has 24 heavy (non-hydrogen) atoms. The number of hydrogen-bond acceptors (Lipinski definition) is 3. The number of carbonyl (C=O) groups is 2. The number of anilines is 1. The molecule has 0 unspecified atom stereocenters. The maximum Gasteiger partial charge on any atom is 0.411 e. The van der Waals surface area contributed by atoms with Gasteiger partial charge in [0.05, 0.1) is 0 Å². The smallest absolute Gasteiger partial charge is 0.372 e.